The van der Waals surface area contributed by atoms with Gasteiger partial charge < -0.3 is 10.2 Å². The Morgan fingerprint density at radius 1 is 1.55 bits per heavy atom. The third-order valence-corrected chi connectivity index (χ3v) is 2.32. The lowest BCUT2D eigenvalue weighted by atomic mass is 9.83. The molecule has 1 saturated carbocycles. The average Bonchev–Trinajstić information content (AvgIpc) is 2.07. The molecule has 3 nitrogen and oxygen atoms in total. The van der Waals surface area contributed by atoms with Crippen LogP contribution in [0.25, 0.3) is 0 Å². The van der Waals surface area contributed by atoms with E-state index in [-0.39, 0.29) is 0 Å². The molecule has 1 fully saturated rings. The standard InChI is InChI=1S/C8H12N2O/c1-5-7(6-3-2-4-6)11-8(9)10-5/h6H,2-4H2,1H3,(H2,9,10). The van der Waals surface area contributed by atoms with Crippen LogP contribution in [0.5, 0.6) is 0 Å². The van der Waals surface area contributed by atoms with E-state index in [1.807, 2.05) is 6.92 Å². The van der Waals surface area contributed by atoms with E-state index in [2.05, 4.69) is 4.98 Å². The molecular formula is C8H12N2O. The van der Waals surface area contributed by atoms with Crippen molar-refractivity contribution in [3.8, 4) is 0 Å². The third kappa shape index (κ3) is 1.00. The second kappa shape index (κ2) is 2.26. The SMILES string of the molecule is Cc1nc(N)oc1C1CCC1. The minimum absolute atomic E-state index is 0.310. The highest BCUT2D eigenvalue weighted by molar-refractivity contribution is 5.22. The van der Waals surface area contributed by atoms with Gasteiger partial charge in [-0.25, -0.2) is 0 Å². The van der Waals surface area contributed by atoms with Crippen LogP contribution in [-0.2, 0) is 0 Å². The lowest BCUT2D eigenvalue weighted by molar-refractivity contribution is 0.349. The van der Waals surface area contributed by atoms with Gasteiger partial charge in [0.05, 0.1) is 5.69 Å². The van der Waals surface area contributed by atoms with Gasteiger partial charge in [-0.15, -0.1) is 0 Å². The fraction of sp³-hybridized carbons (Fsp3) is 0.625. The number of nitrogens with two attached hydrogens (primary N) is 1. The minimum atomic E-state index is 0.310. The number of aromatic nitrogens is 1. The van der Waals surface area contributed by atoms with Gasteiger partial charge in [0.1, 0.15) is 5.76 Å². The van der Waals surface area contributed by atoms with Crippen molar-refractivity contribution in [2.24, 2.45) is 0 Å². The van der Waals surface area contributed by atoms with Crippen molar-refractivity contribution in [3.63, 3.8) is 0 Å². The molecular weight excluding hydrogens is 140 g/mol. The quantitative estimate of drug-likeness (QED) is 0.667. The Hall–Kier alpha value is -0.990. The summed E-state index contributed by atoms with van der Waals surface area (Å²) in [5.74, 6) is 1.61. The Kier molecular flexibility index (Phi) is 1.37. The largest absolute Gasteiger partial charge is 0.428 e. The zero-order valence-electron chi connectivity index (χ0n) is 6.63. The fourth-order valence-electron chi connectivity index (χ4n) is 1.48. The monoisotopic (exact) mass is 152 g/mol. The molecule has 0 unspecified atom stereocenters. The molecule has 11 heavy (non-hydrogen) atoms. The van der Waals surface area contributed by atoms with Gasteiger partial charge in [0.15, 0.2) is 0 Å². The molecule has 0 bridgehead atoms. The molecule has 1 aromatic heterocycles. The summed E-state index contributed by atoms with van der Waals surface area (Å²) >= 11 is 0. The topological polar surface area (TPSA) is 52.0 Å². The molecule has 3 heteroatoms. The summed E-state index contributed by atoms with van der Waals surface area (Å²) in [6.45, 7) is 1.95. The van der Waals surface area contributed by atoms with Crippen molar-refractivity contribution in [1.29, 1.82) is 0 Å². The van der Waals surface area contributed by atoms with Gasteiger partial charge in [-0.1, -0.05) is 6.42 Å². The van der Waals surface area contributed by atoms with Crippen LogP contribution in [-0.4, -0.2) is 4.98 Å². The van der Waals surface area contributed by atoms with Crippen molar-refractivity contribution in [2.75, 3.05) is 5.73 Å². The molecule has 1 heterocycles. The second-order valence-corrected chi connectivity index (χ2v) is 3.13. The molecule has 1 aliphatic carbocycles. The Labute approximate surface area is 65.6 Å². The molecule has 1 aromatic rings. The van der Waals surface area contributed by atoms with E-state index in [9.17, 15) is 0 Å². The van der Waals surface area contributed by atoms with Crippen LogP contribution in [0.4, 0.5) is 6.01 Å². The van der Waals surface area contributed by atoms with Crippen LogP contribution in [0.15, 0.2) is 4.42 Å². The van der Waals surface area contributed by atoms with Gasteiger partial charge in [0.2, 0.25) is 0 Å². The summed E-state index contributed by atoms with van der Waals surface area (Å²) in [6, 6.07) is 0.310. The first-order valence-corrected chi connectivity index (χ1v) is 4.00. The first-order valence-electron chi connectivity index (χ1n) is 4.00. The third-order valence-electron chi connectivity index (χ3n) is 2.32. The Morgan fingerprint density at radius 3 is 2.64 bits per heavy atom. The zero-order chi connectivity index (χ0) is 7.84. The summed E-state index contributed by atoms with van der Waals surface area (Å²) in [5, 5.41) is 0. The highest BCUT2D eigenvalue weighted by atomic mass is 16.4. The predicted molar refractivity (Wildman–Crippen MR) is 42.2 cm³/mol. The average molecular weight is 152 g/mol. The van der Waals surface area contributed by atoms with Gasteiger partial charge in [-0.05, 0) is 19.8 Å². The summed E-state index contributed by atoms with van der Waals surface area (Å²) < 4.78 is 5.28. The fourth-order valence-corrected chi connectivity index (χ4v) is 1.48. The molecule has 60 valence electrons. The second-order valence-electron chi connectivity index (χ2n) is 3.13. The van der Waals surface area contributed by atoms with E-state index in [1.54, 1.807) is 0 Å². The smallest absolute Gasteiger partial charge is 0.292 e. The molecule has 1 aliphatic rings. The molecule has 0 atom stereocenters. The number of hydrogen-bond donors (Lipinski definition) is 1. The van der Waals surface area contributed by atoms with Crippen LogP contribution in [0.3, 0.4) is 0 Å². The number of nitrogen functional groups attached to an aromatic ring is 1. The number of nitrogens with zero attached hydrogens (tertiary/aromatic N) is 1. The molecule has 0 aliphatic heterocycles. The van der Waals surface area contributed by atoms with Crippen molar-refractivity contribution in [2.45, 2.75) is 32.1 Å². The van der Waals surface area contributed by atoms with Crippen LogP contribution < -0.4 is 5.73 Å². The van der Waals surface area contributed by atoms with E-state index in [0.29, 0.717) is 11.9 Å². The number of anilines is 1. The first kappa shape index (κ1) is 6.70. The van der Waals surface area contributed by atoms with Gasteiger partial charge in [-0.2, -0.15) is 4.98 Å². The van der Waals surface area contributed by atoms with E-state index in [4.69, 9.17) is 10.2 Å². The molecule has 0 amide bonds. The number of rotatable bonds is 1. The Balaban J connectivity index is 2.28. The lowest BCUT2D eigenvalue weighted by Crippen LogP contribution is -2.08. The van der Waals surface area contributed by atoms with Crippen LogP contribution >= 0.6 is 0 Å². The predicted octanol–water partition coefficient (Wildman–Crippen LogP) is 1.83. The number of oxazole rings is 1. The maximum Gasteiger partial charge on any atom is 0.292 e. The summed E-state index contributed by atoms with van der Waals surface area (Å²) in [6.07, 6.45) is 3.77. The molecule has 0 saturated heterocycles. The van der Waals surface area contributed by atoms with Crippen molar-refractivity contribution >= 4 is 6.01 Å². The molecule has 2 N–H and O–H groups in total. The van der Waals surface area contributed by atoms with Gasteiger partial charge >= 0.3 is 0 Å². The lowest BCUT2D eigenvalue weighted by Gasteiger charge is -2.22. The molecule has 0 spiro atoms. The van der Waals surface area contributed by atoms with Crippen molar-refractivity contribution in [3.05, 3.63) is 11.5 Å². The van der Waals surface area contributed by atoms with Gasteiger partial charge in [0.25, 0.3) is 6.01 Å². The highest BCUT2D eigenvalue weighted by Crippen LogP contribution is 2.38. The Morgan fingerprint density at radius 2 is 2.27 bits per heavy atom. The van der Waals surface area contributed by atoms with E-state index in [0.717, 1.165) is 11.5 Å². The molecule has 2 rings (SSSR count). The maximum absolute atomic E-state index is 5.42. The van der Waals surface area contributed by atoms with Gasteiger partial charge in [-0.3, -0.25) is 0 Å². The maximum atomic E-state index is 5.42. The van der Waals surface area contributed by atoms with Gasteiger partial charge in [0, 0.05) is 5.92 Å². The van der Waals surface area contributed by atoms with E-state index in [1.165, 1.54) is 19.3 Å². The van der Waals surface area contributed by atoms with E-state index < -0.39 is 0 Å². The van der Waals surface area contributed by atoms with E-state index >= 15 is 0 Å². The zero-order valence-corrected chi connectivity index (χ0v) is 6.63. The van der Waals surface area contributed by atoms with Crippen LogP contribution in [0.2, 0.25) is 0 Å². The Bertz CT molecular complexity index is 263. The van der Waals surface area contributed by atoms with Crippen LogP contribution in [0, 0.1) is 6.92 Å². The van der Waals surface area contributed by atoms with Crippen molar-refractivity contribution < 1.29 is 4.42 Å². The number of hydrogen-bond acceptors (Lipinski definition) is 3. The summed E-state index contributed by atoms with van der Waals surface area (Å²) in [5.41, 5.74) is 6.38. The minimum Gasteiger partial charge on any atom is -0.428 e. The molecule has 0 radical (unpaired) electrons. The summed E-state index contributed by atoms with van der Waals surface area (Å²) in [4.78, 5) is 4.03. The normalized spacial score (nSPS) is 18.3. The van der Waals surface area contributed by atoms with Crippen LogP contribution in [0.1, 0.15) is 36.6 Å². The molecule has 0 aromatic carbocycles. The first-order chi connectivity index (χ1) is 5.27. The number of aryl methyl sites for hydroxylation is 1. The van der Waals surface area contributed by atoms with Crippen molar-refractivity contribution in [1.82, 2.24) is 4.98 Å². The highest BCUT2D eigenvalue weighted by Gasteiger charge is 2.25. The summed E-state index contributed by atoms with van der Waals surface area (Å²) in [7, 11) is 0.